The third-order valence-corrected chi connectivity index (χ3v) is 3.37. The van der Waals surface area contributed by atoms with Crippen molar-refractivity contribution in [3.8, 4) is 5.75 Å². The van der Waals surface area contributed by atoms with Gasteiger partial charge in [0.15, 0.2) is 0 Å². The Balaban J connectivity index is 2.61. The van der Waals surface area contributed by atoms with Crippen molar-refractivity contribution < 1.29 is 9.84 Å². The third-order valence-electron chi connectivity index (χ3n) is 3.37. The van der Waals surface area contributed by atoms with Crippen molar-refractivity contribution in [1.82, 2.24) is 0 Å². The van der Waals surface area contributed by atoms with Gasteiger partial charge in [0.1, 0.15) is 5.75 Å². The van der Waals surface area contributed by atoms with Crippen LogP contribution in [0.2, 0.25) is 0 Å². The van der Waals surface area contributed by atoms with E-state index in [0.29, 0.717) is 12.0 Å². The van der Waals surface area contributed by atoms with E-state index in [-0.39, 0.29) is 6.61 Å². The number of methoxy groups -OCH3 is 1. The van der Waals surface area contributed by atoms with Gasteiger partial charge in [-0.05, 0) is 49.4 Å². The average molecular weight is 263 g/mol. The first-order chi connectivity index (χ1) is 9.21. The zero-order valence-corrected chi connectivity index (χ0v) is 11.9. The summed E-state index contributed by atoms with van der Waals surface area (Å²) in [4.78, 5) is 0. The molecule has 1 aromatic carbocycles. The second-order valence-electron chi connectivity index (χ2n) is 4.79. The molecule has 1 aromatic rings. The van der Waals surface area contributed by atoms with E-state index in [4.69, 9.17) is 9.84 Å². The number of ether oxygens (including phenoxy) is 1. The Bertz CT molecular complexity index is 362. The number of rotatable bonds is 9. The van der Waals surface area contributed by atoms with Crippen molar-refractivity contribution >= 4 is 5.69 Å². The molecule has 0 aliphatic carbocycles. The van der Waals surface area contributed by atoms with Gasteiger partial charge in [0, 0.05) is 18.3 Å². The fourth-order valence-corrected chi connectivity index (χ4v) is 2.01. The van der Waals surface area contributed by atoms with Crippen LogP contribution in [0.25, 0.3) is 0 Å². The molecule has 106 valence electrons. The number of aliphatic hydroxyl groups excluding tert-OH is 1. The van der Waals surface area contributed by atoms with Crippen LogP contribution >= 0.6 is 0 Å². The summed E-state index contributed by atoms with van der Waals surface area (Å²) < 4.78 is 5.15. The molecule has 1 rings (SSSR count). The van der Waals surface area contributed by atoms with Crippen molar-refractivity contribution in [2.45, 2.75) is 32.2 Å². The lowest BCUT2D eigenvalue weighted by atomic mass is 9.96. The van der Waals surface area contributed by atoms with Crippen molar-refractivity contribution in [3.63, 3.8) is 0 Å². The van der Waals surface area contributed by atoms with E-state index in [1.165, 1.54) is 0 Å². The first kappa shape index (κ1) is 15.6. The SMILES string of the molecule is C=C[C@@H](C)C(CCCCO)Nc1ccc(OC)cc1. The molecule has 0 spiro atoms. The lowest BCUT2D eigenvalue weighted by molar-refractivity contribution is 0.280. The highest BCUT2D eigenvalue weighted by Crippen LogP contribution is 2.20. The Morgan fingerprint density at radius 3 is 2.53 bits per heavy atom. The normalized spacial score (nSPS) is 13.6. The van der Waals surface area contributed by atoms with E-state index in [2.05, 4.69) is 18.8 Å². The molecule has 0 aliphatic rings. The Morgan fingerprint density at radius 1 is 1.32 bits per heavy atom. The van der Waals surface area contributed by atoms with E-state index in [9.17, 15) is 0 Å². The minimum Gasteiger partial charge on any atom is -0.497 e. The predicted molar refractivity (Wildman–Crippen MR) is 80.7 cm³/mol. The molecule has 1 unspecified atom stereocenters. The molecule has 0 saturated heterocycles. The van der Waals surface area contributed by atoms with Gasteiger partial charge < -0.3 is 15.2 Å². The molecular weight excluding hydrogens is 238 g/mol. The number of nitrogens with one attached hydrogen (secondary N) is 1. The highest BCUT2D eigenvalue weighted by atomic mass is 16.5. The van der Waals surface area contributed by atoms with Crippen LogP contribution in [0.1, 0.15) is 26.2 Å². The lowest BCUT2D eigenvalue weighted by Crippen LogP contribution is -2.26. The van der Waals surface area contributed by atoms with Crippen LogP contribution in [0.4, 0.5) is 5.69 Å². The monoisotopic (exact) mass is 263 g/mol. The summed E-state index contributed by atoms with van der Waals surface area (Å²) in [6.07, 6.45) is 4.87. The maximum Gasteiger partial charge on any atom is 0.119 e. The Hall–Kier alpha value is -1.48. The molecule has 0 aromatic heterocycles. The van der Waals surface area contributed by atoms with Gasteiger partial charge in [-0.1, -0.05) is 13.0 Å². The molecule has 3 heteroatoms. The summed E-state index contributed by atoms with van der Waals surface area (Å²) in [6, 6.07) is 8.29. The van der Waals surface area contributed by atoms with Gasteiger partial charge in [0.2, 0.25) is 0 Å². The topological polar surface area (TPSA) is 41.5 Å². The fraction of sp³-hybridized carbons (Fsp3) is 0.500. The van der Waals surface area contributed by atoms with Crippen LogP contribution < -0.4 is 10.1 Å². The first-order valence-corrected chi connectivity index (χ1v) is 6.85. The van der Waals surface area contributed by atoms with Crippen LogP contribution in [-0.4, -0.2) is 24.9 Å². The van der Waals surface area contributed by atoms with Gasteiger partial charge in [-0.25, -0.2) is 0 Å². The van der Waals surface area contributed by atoms with E-state index in [1.54, 1.807) is 7.11 Å². The van der Waals surface area contributed by atoms with Gasteiger partial charge in [0.05, 0.1) is 7.11 Å². The van der Waals surface area contributed by atoms with Crippen molar-refractivity contribution in [2.75, 3.05) is 19.0 Å². The largest absolute Gasteiger partial charge is 0.497 e. The first-order valence-electron chi connectivity index (χ1n) is 6.85. The maximum absolute atomic E-state index is 8.87. The zero-order valence-electron chi connectivity index (χ0n) is 11.9. The molecule has 3 nitrogen and oxygen atoms in total. The van der Waals surface area contributed by atoms with E-state index in [0.717, 1.165) is 30.7 Å². The number of unbranched alkanes of at least 4 members (excludes halogenated alkanes) is 1. The standard InChI is InChI=1S/C16H25NO2/c1-4-13(2)16(7-5-6-12-18)17-14-8-10-15(19-3)11-9-14/h4,8-11,13,16-18H,1,5-7,12H2,2-3H3/t13-,16?/m1/s1. The molecule has 0 fully saturated rings. The Morgan fingerprint density at radius 2 is 2.00 bits per heavy atom. The van der Waals surface area contributed by atoms with Gasteiger partial charge in [0.25, 0.3) is 0 Å². The Labute approximate surface area is 116 Å². The molecule has 2 N–H and O–H groups in total. The van der Waals surface area contributed by atoms with Gasteiger partial charge in [-0.3, -0.25) is 0 Å². The smallest absolute Gasteiger partial charge is 0.119 e. The van der Waals surface area contributed by atoms with Crippen LogP contribution in [-0.2, 0) is 0 Å². The third kappa shape index (κ3) is 5.35. The van der Waals surface area contributed by atoms with Crippen molar-refractivity contribution in [1.29, 1.82) is 0 Å². The van der Waals surface area contributed by atoms with Gasteiger partial charge >= 0.3 is 0 Å². The maximum atomic E-state index is 8.87. The molecule has 0 saturated carbocycles. The second kappa shape index (κ2) is 8.59. The summed E-state index contributed by atoms with van der Waals surface area (Å²) in [5.74, 6) is 1.25. The number of hydrogen-bond donors (Lipinski definition) is 2. The highest BCUT2D eigenvalue weighted by Gasteiger charge is 2.14. The van der Waals surface area contributed by atoms with E-state index < -0.39 is 0 Å². The summed E-state index contributed by atoms with van der Waals surface area (Å²) in [7, 11) is 1.67. The summed E-state index contributed by atoms with van der Waals surface area (Å²) in [5.41, 5.74) is 1.09. The zero-order chi connectivity index (χ0) is 14.1. The van der Waals surface area contributed by atoms with Crippen molar-refractivity contribution in [2.24, 2.45) is 5.92 Å². The number of aliphatic hydroxyl groups is 1. The molecule has 2 atom stereocenters. The number of benzene rings is 1. The molecule has 0 aliphatic heterocycles. The Kier molecular flexibility index (Phi) is 7.04. The molecule has 19 heavy (non-hydrogen) atoms. The van der Waals surface area contributed by atoms with E-state index in [1.807, 2.05) is 30.3 Å². The average Bonchev–Trinajstić information content (AvgIpc) is 2.46. The lowest BCUT2D eigenvalue weighted by Gasteiger charge is -2.24. The molecule has 0 bridgehead atoms. The van der Waals surface area contributed by atoms with Crippen LogP contribution in [0.5, 0.6) is 5.75 Å². The molecular formula is C16H25NO2. The second-order valence-corrected chi connectivity index (χ2v) is 4.79. The van der Waals surface area contributed by atoms with Crippen LogP contribution in [0.15, 0.2) is 36.9 Å². The summed E-state index contributed by atoms with van der Waals surface area (Å²) >= 11 is 0. The highest BCUT2D eigenvalue weighted by molar-refractivity contribution is 5.47. The fourth-order valence-electron chi connectivity index (χ4n) is 2.01. The summed E-state index contributed by atoms with van der Waals surface area (Å²) in [5, 5.41) is 12.4. The number of hydrogen-bond acceptors (Lipinski definition) is 3. The number of anilines is 1. The molecule has 0 radical (unpaired) electrons. The minimum absolute atomic E-state index is 0.262. The predicted octanol–water partition coefficient (Wildman–Crippen LogP) is 3.46. The minimum atomic E-state index is 0.262. The van der Waals surface area contributed by atoms with E-state index >= 15 is 0 Å². The van der Waals surface area contributed by atoms with Crippen LogP contribution in [0.3, 0.4) is 0 Å². The quantitative estimate of drug-likeness (QED) is 0.529. The van der Waals surface area contributed by atoms with Crippen molar-refractivity contribution in [3.05, 3.63) is 36.9 Å². The molecule has 0 amide bonds. The van der Waals surface area contributed by atoms with Gasteiger partial charge in [-0.15, -0.1) is 6.58 Å². The summed E-state index contributed by atoms with van der Waals surface area (Å²) in [6.45, 7) is 6.29. The van der Waals surface area contributed by atoms with Crippen LogP contribution in [0, 0.1) is 5.92 Å². The van der Waals surface area contributed by atoms with Gasteiger partial charge in [-0.2, -0.15) is 0 Å². The molecule has 0 heterocycles.